The number of carbonyl (C=O) groups excluding carboxylic acids is 1. The molecule has 1 aromatic heterocycles. The van der Waals surface area contributed by atoms with E-state index in [2.05, 4.69) is 26.9 Å². The van der Waals surface area contributed by atoms with Crippen molar-refractivity contribution < 1.29 is 35.2 Å². The van der Waals surface area contributed by atoms with Crippen LogP contribution in [0.4, 0.5) is 22.0 Å². The monoisotopic (exact) mass is 566 g/mol. The highest BCUT2D eigenvalue weighted by molar-refractivity contribution is 7.89. The number of nitrogens with one attached hydrogen (secondary N) is 2. The van der Waals surface area contributed by atoms with Crippen molar-refractivity contribution in [3.8, 4) is 11.1 Å². The van der Waals surface area contributed by atoms with Gasteiger partial charge >= 0.3 is 6.18 Å². The number of sulfonamides is 1. The van der Waals surface area contributed by atoms with Gasteiger partial charge in [-0.25, -0.2) is 27.2 Å². The zero-order chi connectivity index (χ0) is 28.2. The summed E-state index contributed by atoms with van der Waals surface area (Å²) < 4.78 is 94.2. The lowest BCUT2D eigenvalue weighted by Crippen LogP contribution is -2.47. The maximum atomic E-state index is 14.5. The molecular weight excluding hydrogens is 543 g/mol. The van der Waals surface area contributed by atoms with Crippen molar-refractivity contribution in [3.63, 3.8) is 0 Å². The molecular formula is C26H23F5N4O3S. The Bertz CT molecular complexity index is 1510. The Hall–Kier alpha value is -3.45. The van der Waals surface area contributed by atoms with Crippen molar-refractivity contribution >= 4 is 15.9 Å². The highest BCUT2D eigenvalue weighted by Gasteiger charge is 2.75. The van der Waals surface area contributed by atoms with Crippen LogP contribution in [0.1, 0.15) is 31.2 Å². The molecule has 0 bridgehead atoms. The quantitative estimate of drug-likeness (QED) is 0.373. The van der Waals surface area contributed by atoms with Crippen LogP contribution < -0.4 is 10.0 Å². The topological polar surface area (TPSA) is 101 Å². The zero-order valence-corrected chi connectivity index (χ0v) is 21.3. The molecule has 4 atom stereocenters. The second-order valence-electron chi connectivity index (χ2n) is 10.1. The third-order valence-corrected chi connectivity index (χ3v) is 9.02. The lowest BCUT2D eigenvalue weighted by Gasteiger charge is -2.21. The van der Waals surface area contributed by atoms with Crippen molar-refractivity contribution in [1.82, 2.24) is 20.0 Å². The van der Waals surface area contributed by atoms with E-state index < -0.39 is 45.6 Å². The summed E-state index contributed by atoms with van der Waals surface area (Å²) in [7, 11) is -4.16. The average Bonchev–Trinajstić information content (AvgIpc) is 3.73. The molecule has 0 spiro atoms. The van der Waals surface area contributed by atoms with Gasteiger partial charge in [-0.2, -0.15) is 17.9 Å². The van der Waals surface area contributed by atoms with Crippen LogP contribution in [0.2, 0.25) is 0 Å². The van der Waals surface area contributed by atoms with Crippen LogP contribution in [0.25, 0.3) is 11.1 Å². The predicted molar refractivity (Wildman–Crippen MR) is 129 cm³/mol. The molecule has 2 aliphatic rings. The van der Waals surface area contributed by atoms with E-state index in [9.17, 15) is 35.2 Å². The molecule has 1 heterocycles. The number of fused-ring (bicyclic) bond motifs is 1. The van der Waals surface area contributed by atoms with E-state index >= 15 is 0 Å². The molecule has 2 N–H and O–H groups in total. The van der Waals surface area contributed by atoms with Crippen LogP contribution in [-0.4, -0.2) is 30.3 Å². The van der Waals surface area contributed by atoms with Gasteiger partial charge in [-0.15, -0.1) is 0 Å². The van der Waals surface area contributed by atoms with Gasteiger partial charge in [0.05, 0.1) is 4.90 Å². The molecule has 2 saturated carbocycles. The van der Waals surface area contributed by atoms with Gasteiger partial charge in [0.1, 0.15) is 17.7 Å². The van der Waals surface area contributed by atoms with E-state index in [1.54, 1.807) is 0 Å². The summed E-state index contributed by atoms with van der Waals surface area (Å²) in [4.78, 5) is 19.5. The Morgan fingerprint density at radius 2 is 1.72 bits per heavy atom. The molecule has 2 aliphatic carbocycles. The molecule has 0 radical (unpaired) electrons. The molecule has 13 heteroatoms. The Balaban J connectivity index is 1.30. The molecule has 0 unspecified atom stereocenters. The van der Waals surface area contributed by atoms with Gasteiger partial charge in [0.15, 0.2) is 0 Å². The first kappa shape index (κ1) is 27.1. The van der Waals surface area contributed by atoms with Gasteiger partial charge in [-0.1, -0.05) is 13.0 Å². The van der Waals surface area contributed by atoms with Gasteiger partial charge in [-0.05, 0) is 72.1 Å². The first-order valence-electron chi connectivity index (χ1n) is 12.0. The minimum Gasteiger partial charge on any atom is -0.351 e. The number of hydrogen-bond donors (Lipinski definition) is 2. The van der Waals surface area contributed by atoms with E-state index in [-0.39, 0.29) is 40.3 Å². The lowest BCUT2D eigenvalue weighted by atomic mass is 9.98. The Kier molecular flexibility index (Phi) is 6.70. The van der Waals surface area contributed by atoms with E-state index in [1.165, 1.54) is 12.1 Å². The van der Waals surface area contributed by atoms with E-state index in [1.807, 2.05) is 0 Å². The van der Waals surface area contributed by atoms with Crippen molar-refractivity contribution in [2.45, 2.75) is 43.4 Å². The third-order valence-electron chi connectivity index (χ3n) is 7.54. The van der Waals surface area contributed by atoms with Crippen LogP contribution in [0.15, 0.2) is 59.8 Å². The highest BCUT2D eigenvalue weighted by Crippen LogP contribution is 2.80. The molecule has 2 aromatic carbocycles. The minimum absolute atomic E-state index is 0.0297. The fraction of sp³-hybridized carbons (Fsp3) is 0.346. The highest BCUT2D eigenvalue weighted by atomic mass is 32.2. The van der Waals surface area contributed by atoms with Crippen LogP contribution in [0.3, 0.4) is 0 Å². The van der Waals surface area contributed by atoms with Gasteiger partial charge in [0, 0.05) is 30.1 Å². The van der Waals surface area contributed by atoms with Gasteiger partial charge < -0.3 is 5.32 Å². The van der Waals surface area contributed by atoms with Gasteiger partial charge in [0.25, 0.3) is 0 Å². The molecule has 7 nitrogen and oxygen atoms in total. The van der Waals surface area contributed by atoms with Crippen LogP contribution in [-0.2, 0) is 27.5 Å². The Morgan fingerprint density at radius 3 is 2.28 bits per heavy atom. The smallest absolute Gasteiger partial charge is 0.351 e. The largest absolute Gasteiger partial charge is 0.451 e. The summed E-state index contributed by atoms with van der Waals surface area (Å²) in [5.41, 5.74) is 0.669. The minimum atomic E-state index is -4.70. The summed E-state index contributed by atoms with van der Waals surface area (Å²) in [6.45, 7) is 1.76. The average molecular weight is 567 g/mol. The van der Waals surface area contributed by atoms with Crippen LogP contribution >= 0.6 is 0 Å². The normalized spacial score (nSPS) is 22.6. The molecule has 206 valence electrons. The molecule has 1 amide bonds. The third kappa shape index (κ3) is 5.64. The fourth-order valence-electron chi connectivity index (χ4n) is 4.90. The molecule has 3 aromatic rings. The maximum Gasteiger partial charge on any atom is 0.451 e. The molecule has 2 fully saturated rings. The van der Waals surface area contributed by atoms with Crippen molar-refractivity contribution in [1.29, 1.82) is 0 Å². The first-order valence-corrected chi connectivity index (χ1v) is 13.5. The second kappa shape index (κ2) is 9.63. The maximum absolute atomic E-state index is 14.5. The lowest BCUT2D eigenvalue weighted by molar-refractivity contribution is -0.145. The second-order valence-corrected chi connectivity index (χ2v) is 11.8. The number of hydrogen-bond acceptors (Lipinski definition) is 5. The number of benzene rings is 2. The van der Waals surface area contributed by atoms with Crippen molar-refractivity contribution in [3.05, 3.63) is 77.9 Å². The predicted octanol–water partition coefficient (Wildman–Crippen LogP) is 4.45. The molecule has 5 rings (SSSR count). The standard InChI is InChI=1S/C26H23F5N4O3S/c1-25-10-20(25)19(25)9-22(35-39(37,38)18-5-3-17(27)4-6-18)23(36)32-11-15-8-14(2-7-21(15)28)16-12-33-24(34-13-16)26(29,30)31/h2-8,12-13,19-20,22,35H,9-11H2,1H3,(H,32,36)/t19-,20+,22-,25-/m0/s1. The summed E-state index contributed by atoms with van der Waals surface area (Å²) in [6.07, 6.45) is -1.51. The Morgan fingerprint density at radius 1 is 1.08 bits per heavy atom. The number of halogens is 5. The van der Waals surface area contributed by atoms with E-state index in [0.717, 1.165) is 49.1 Å². The first-order chi connectivity index (χ1) is 18.3. The van der Waals surface area contributed by atoms with Gasteiger partial charge in [-0.3, -0.25) is 4.79 Å². The molecule has 39 heavy (non-hydrogen) atoms. The summed E-state index contributed by atoms with van der Waals surface area (Å²) in [6, 6.07) is 6.81. The van der Waals surface area contributed by atoms with Crippen LogP contribution in [0, 0.1) is 28.9 Å². The Labute approximate surface area is 220 Å². The number of rotatable bonds is 9. The number of nitrogens with zero attached hydrogens (tertiary/aromatic N) is 2. The fourth-order valence-corrected chi connectivity index (χ4v) is 6.10. The van der Waals surface area contributed by atoms with Crippen molar-refractivity contribution in [2.75, 3.05) is 0 Å². The number of aromatic nitrogens is 2. The molecule has 0 aliphatic heterocycles. The summed E-state index contributed by atoms with van der Waals surface area (Å²) >= 11 is 0. The van der Waals surface area contributed by atoms with E-state index in [0.29, 0.717) is 11.5 Å². The zero-order valence-electron chi connectivity index (χ0n) is 20.5. The number of carbonyl (C=O) groups is 1. The number of amides is 1. The summed E-state index contributed by atoms with van der Waals surface area (Å²) in [5, 5.41) is 2.56. The van der Waals surface area contributed by atoms with E-state index in [4.69, 9.17) is 0 Å². The molecule has 0 saturated heterocycles. The van der Waals surface area contributed by atoms with Crippen LogP contribution in [0.5, 0.6) is 0 Å². The van der Waals surface area contributed by atoms with Gasteiger partial charge in [0.2, 0.25) is 21.8 Å². The van der Waals surface area contributed by atoms with Crippen molar-refractivity contribution in [2.24, 2.45) is 17.3 Å². The number of alkyl halides is 3. The SMILES string of the molecule is C[C@@]12C[C@@H]1[C@@H]2C[C@H](NS(=O)(=O)c1ccc(F)cc1)C(=O)NCc1cc(-c2cnc(C(F)(F)F)nc2)ccc1F. The summed E-state index contributed by atoms with van der Waals surface area (Å²) in [5.74, 6) is -2.66.